The molecule has 0 aliphatic heterocycles. The first kappa shape index (κ1) is 8.73. The molecule has 0 bridgehead atoms. The summed E-state index contributed by atoms with van der Waals surface area (Å²) in [7, 11) is 0. The summed E-state index contributed by atoms with van der Waals surface area (Å²) in [5.41, 5.74) is 0. The minimum absolute atomic E-state index is 0.999. The molecule has 0 aliphatic rings. The highest BCUT2D eigenvalue weighted by molar-refractivity contribution is 14.1. The van der Waals surface area contributed by atoms with Gasteiger partial charge in [-0.15, -0.1) is 10.2 Å². The van der Waals surface area contributed by atoms with Crippen LogP contribution in [0.15, 0.2) is 4.34 Å². The number of aryl methyl sites for hydroxylation is 1. The Morgan fingerprint density at radius 1 is 1.60 bits per heavy atom. The molecule has 0 aromatic carbocycles. The predicted molar refractivity (Wildman–Crippen MR) is 54.0 cm³/mol. The van der Waals surface area contributed by atoms with Gasteiger partial charge in [-0.1, -0.05) is 52.6 Å². The zero-order valence-corrected chi connectivity index (χ0v) is 9.29. The van der Waals surface area contributed by atoms with Gasteiger partial charge in [0.05, 0.1) is 3.76 Å². The van der Waals surface area contributed by atoms with Gasteiger partial charge in [0.15, 0.2) is 4.34 Å². The van der Waals surface area contributed by atoms with Crippen molar-refractivity contribution in [2.75, 3.05) is 3.76 Å². The number of hydrogen-bond acceptors (Lipinski definition) is 4. The number of aromatic nitrogens is 2. The van der Waals surface area contributed by atoms with Gasteiger partial charge in [0.2, 0.25) is 0 Å². The Hall–Kier alpha value is 0.640. The van der Waals surface area contributed by atoms with Crippen LogP contribution in [0.5, 0.6) is 0 Å². The fraction of sp³-hybridized carbons (Fsp3) is 0.600. The summed E-state index contributed by atoms with van der Waals surface area (Å²) in [5, 5.41) is 9.13. The molecule has 0 fully saturated rings. The standard InChI is InChI=1S/C5H7IN2S2/c1-2-4-7-8-5(10-4)9-3-6/h2-3H2,1H3. The van der Waals surface area contributed by atoms with E-state index in [1.807, 2.05) is 0 Å². The highest BCUT2D eigenvalue weighted by atomic mass is 127. The molecular formula is C5H7IN2S2. The minimum Gasteiger partial charge on any atom is -0.143 e. The monoisotopic (exact) mass is 286 g/mol. The van der Waals surface area contributed by atoms with E-state index < -0.39 is 0 Å². The number of thioether (sulfide) groups is 1. The second kappa shape index (κ2) is 4.50. The molecular weight excluding hydrogens is 279 g/mol. The van der Waals surface area contributed by atoms with E-state index in [4.69, 9.17) is 0 Å². The van der Waals surface area contributed by atoms with Crippen molar-refractivity contribution in [3.63, 3.8) is 0 Å². The van der Waals surface area contributed by atoms with Crippen LogP contribution in [0, 0.1) is 0 Å². The van der Waals surface area contributed by atoms with Crippen molar-refractivity contribution in [1.29, 1.82) is 0 Å². The Morgan fingerprint density at radius 2 is 2.40 bits per heavy atom. The number of nitrogens with zero attached hydrogens (tertiary/aromatic N) is 2. The summed E-state index contributed by atoms with van der Waals surface area (Å²) >= 11 is 5.75. The van der Waals surface area contributed by atoms with Gasteiger partial charge < -0.3 is 0 Å². The molecule has 2 nitrogen and oxygen atoms in total. The summed E-state index contributed by atoms with van der Waals surface area (Å²) in [6.45, 7) is 2.10. The molecule has 0 N–H and O–H groups in total. The van der Waals surface area contributed by atoms with Crippen LogP contribution < -0.4 is 0 Å². The first-order valence-corrected chi connectivity index (χ1v) is 6.20. The van der Waals surface area contributed by atoms with Gasteiger partial charge in [0, 0.05) is 0 Å². The van der Waals surface area contributed by atoms with E-state index in [1.165, 1.54) is 0 Å². The average molecular weight is 286 g/mol. The topological polar surface area (TPSA) is 25.8 Å². The van der Waals surface area contributed by atoms with Gasteiger partial charge >= 0.3 is 0 Å². The molecule has 1 aromatic heterocycles. The molecule has 0 radical (unpaired) electrons. The molecule has 1 heterocycles. The third-order valence-electron chi connectivity index (χ3n) is 0.929. The zero-order chi connectivity index (χ0) is 7.40. The molecule has 1 rings (SSSR count). The first-order valence-electron chi connectivity index (χ1n) is 2.88. The quantitative estimate of drug-likeness (QED) is 0.485. The van der Waals surface area contributed by atoms with Crippen LogP contribution in [0.4, 0.5) is 0 Å². The fourth-order valence-corrected chi connectivity index (χ4v) is 3.41. The Labute approximate surface area is 82.0 Å². The number of hydrogen-bond donors (Lipinski definition) is 0. The Kier molecular flexibility index (Phi) is 3.93. The minimum atomic E-state index is 0.999. The molecule has 0 saturated heterocycles. The second-order valence-corrected chi connectivity index (χ2v) is 5.65. The van der Waals surface area contributed by atoms with E-state index in [2.05, 4.69) is 39.7 Å². The molecule has 0 atom stereocenters. The van der Waals surface area contributed by atoms with E-state index in [1.54, 1.807) is 23.1 Å². The Morgan fingerprint density at radius 3 is 2.90 bits per heavy atom. The lowest BCUT2D eigenvalue weighted by molar-refractivity contribution is 0.944. The van der Waals surface area contributed by atoms with E-state index in [9.17, 15) is 0 Å². The smallest absolute Gasteiger partial charge is 0.143 e. The highest BCUT2D eigenvalue weighted by Gasteiger charge is 2.00. The molecule has 0 amide bonds. The maximum Gasteiger partial charge on any atom is 0.175 e. The van der Waals surface area contributed by atoms with Crippen LogP contribution in [-0.4, -0.2) is 14.0 Å². The van der Waals surface area contributed by atoms with Crippen LogP contribution in [0.2, 0.25) is 0 Å². The van der Waals surface area contributed by atoms with Gasteiger partial charge in [-0.2, -0.15) is 0 Å². The third-order valence-corrected chi connectivity index (χ3v) is 3.77. The normalized spacial score (nSPS) is 10.2. The van der Waals surface area contributed by atoms with Crippen molar-refractivity contribution < 1.29 is 0 Å². The van der Waals surface area contributed by atoms with Crippen LogP contribution in [0.1, 0.15) is 11.9 Å². The van der Waals surface area contributed by atoms with Gasteiger partial charge in [0.25, 0.3) is 0 Å². The number of rotatable bonds is 3. The summed E-state index contributed by atoms with van der Waals surface area (Å²) in [5.74, 6) is 0. The Balaban J connectivity index is 2.59. The van der Waals surface area contributed by atoms with Crippen molar-refractivity contribution in [1.82, 2.24) is 10.2 Å². The molecule has 1 aromatic rings. The Bertz CT molecular complexity index is 201. The third kappa shape index (κ3) is 2.35. The molecule has 56 valence electrons. The maximum absolute atomic E-state index is 4.00. The van der Waals surface area contributed by atoms with E-state index >= 15 is 0 Å². The molecule has 0 spiro atoms. The van der Waals surface area contributed by atoms with Crippen LogP contribution >= 0.6 is 45.7 Å². The lowest BCUT2D eigenvalue weighted by atomic mass is 10.5. The van der Waals surface area contributed by atoms with E-state index in [0.29, 0.717) is 0 Å². The second-order valence-electron chi connectivity index (χ2n) is 1.57. The van der Waals surface area contributed by atoms with Crippen molar-refractivity contribution in [2.24, 2.45) is 0 Å². The zero-order valence-electron chi connectivity index (χ0n) is 5.50. The van der Waals surface area contributed by atoms with Gasteiger partial charge in [-0.25, -0.2) is 0 Å². The summed E-state index contributed by atoms with van der Waals surface area (Å²) in [6.07, 6.45) is 0.999. The molecule has 0 unspecified atom stereocenters. The number of alkyl halides is 1. The number of halogens is 1. The van der Waals surface area contributed by atoms with E-state index in [-0.39, 0.29) is 0 Å². The first-order chi connectivity index (χ1) is 4.86. The van der Waals surface area contributed by atoms with Gasteiger partial charge in [0.1, 0.15) is 5.01 Å². The van der Waals surface area contributed by atoms with Crippen molar-refractivity contribution in [3.8, 4) is 0 Å². The summed E-state index contributed by atoms with van der Waals surface area (Å²) in [4.78, 5) is 0. The highest BCUT2D eigenvalue weighted by Crippen LogP contribution is 2.23. The van der Waals surface area contributed by atoms with Gasteiger partial charge in [-0.05, 0) is 6.42 Å². The van der Waals surface area contributed by atoms with Gasteiger partial charge in [-0.3, -0.25) is 0 Å². The summed E-state index contributed by atoms with van der Waals surface area (Å²) in [6, 6.07) is 0. The molecule has 0 saturated carbocycles. The lowest BCUT2D eigenvalue weighted by Crippen LogP contribution is -1.75. The maximum atomic E-state index is 4.00. The van der Waals surface area contributed by atoms with Crippen molar-refractivity contribution >= 4 is 45.7 Å². The van der Waals surface area contributed by atoms with Crippen LogP contribution in [-0.2, 0) is 6.42 Å². The van der Waals surface area contributed by atoms with Crippen LogP contribution in [0.3, 0.4) is 0 Å². The largest absolute Gasteiger partial charge is 0.175 e. The molecule has 5 heteroatoms. The molecule has 0 aliphatic carbocycles. The average Bonchev–Trinajstić information content (AvgIpc) is 2.37. The lowest BCUT2D eigenvalue weighted by Gasteiger charge is -1.82. The fourth-order valence-electron chi connectivity index (χ4n) is 0.486. The summed E-state index contributed by atoms with van der Waals surface area (Å²) < 4.78 is 2.14. The van der Waals surface area contributed by atoms with E-state index in [0.717, 1.165) is 19.5 Å². The SMILES string of the molecule is CCc1nnc(SCI)s1. The van der Waals surface area contributed by atoms with Crippen molar-refractivity contribution in [2.45, 2.75) is 17.7 Å². The van der Waals surface area contributed by atoms with Crippen LogP contribution in [0.25, 0.3) is 0 Å². The predicted octanol–water partition coefficient (Wildman–Crippen LogP) is 2.59. The molecule has 10 heavy (non-hydrogen) atoms. The van der Waals surface area contributed by atoms with Crippen molar-refractivity contribution in [3.05, 3.63) is 5.01 Å².